The van der Waals surface area contributed by atoms with Crippen LogP contribution in [0.4, 0.5) is 0 Å². The summed E-state index contributed by atoms with van der Waals surface area (Å²) in [5, 5.41) is 6.63. The third-order valence-electron chi connectivity index (χ3n) is 3.50. The number of nitrogens with one attached hydrogen (secondary N) is 1. The van der Waals surface area contributed by atoms with Gasteiger partial charge in [-0.25, -0.2) is 8.42 Å². The van der Waals surface area contributed by atoms with Crippen molar-refractivity contribution < 1.29 is 13.2 Å². The van der Waals surface area contributed by atoms with Crippen LogP contribution in [0.15, 0.2) is 5.03 Å². The zero-order valence-corrected chi connectivity index (χ0v) is 12.6. The van der Waals surface area contributed by atoms with Gasteiger partial charge in [0.15, 0.2) is 5.03 Å². The third kappa shape index (κ3) is 2.79. The summed E-state index contributed by atoms with van der Waals surface area (Å²) in [6.45, 7) is 2.94. The Balaban J connectivity index is 2.30. The van der Waals surface area contributed by atoms with Gasteiger partial charge >= 0.3 is 0 Å². The Morgan fingerprint density at radius 2 is 2.11 bits per heavy atom. The molecular formula is C11H18ClN3O3S. The maximum absolute atomic E-state index is 12.6. The van der Waals surface area contributed by atoms with Crippen molar-refractivity contribution in [1.29, 1.82) is 0 Å². The first-order chi connectivity index (χ1) is 8.98. The van der Waals surface area contributed by atoms with Crippen LogP contribution in [0.2, 0.25) is 0 Å². The quantitative estimate of drug-likeness (QED) is 0.850. The lowest BCUT2D eigenvalue weighted by Gasteiger charge is -2.29. The van der Waals surface area contributed by atoms with Gasteiger partial charge in [-0.3, -0.25) is 5.10 Å². The van der Waals surface area contributed by atoms with Gasteiger partial charge in [0.2, 0.25) is 0 Å². The SMILES string of the molecule is Cc1[nH]nc(S(=O)(=O)N(C)C2CCOCC2)c1CCl. The zero-order valence-electron chi connectivity index (χ0n) is 11.0. The number of ether oxygens (including phenoxy) is 1. The molecule has 1 saturated heterocycles. The Morgan fingerprint density at radius 3 is 2.68 bits per heavy atom. The van der Waals surface area contributed by atoms with E-state index in [4.69, 9.17) is 16.3 Å². The summed E-state index contributed by atoms with van der Waals surface area (Å²) in [6.07, 6.45) is 1.41. The third-order valence-corrected chi connectivity index (χ3v) is 5.65. The molecule has 19 heavy (non-hydrogen) atoms. The molecule has 1 aromatic rings. The van der Waals surface area contributed by atoms with Crippen LogP contribution in [-0.4, -0.2) is 49.2 Å². The Labute approximate surface area is 118 Å². The van der Waals surface area contributed by atoms with E-state index in [1.54, 1.807) is 14.0 Å². The van der Waals surface area contributed by atoms with E-state index in [0.29, 0.717) is 37.3 Å². The van der Waals surface area contributed by atoms with Crippen LogP contribution in [0.5, 0.6) is 0 Å². The normalized spacial score (nSPS) is 18.1. The fraction of sp³-hybridized carbons (Fsp3) is 0.727. The van der Waals surface area contributed by atoms with Crippen molar-refractivity contribution in [2.45, 2.75) is 36.7 Å². The lowest BCUT2D eigenvalue weighted by Crippen LogP contribution is -2.41. The average Bonchev–Trinajstić information content (AvgIpc) is 2.80. The number of nitrogens with zero attached hydrogens (tertiary/aromatic N) is 2. The summed E-state index contributed by atoms with van der Waals surface area (Å²) in [5.41, 5.74) is 1.23. The molecule has 0 saturated carbocycles. The molecule has 0 bridgehead atoms. The highest BCUT2D eigenvalue weighted by atomic mass is 35.5. The molecule has 0 atom stereocenters. The molecule has 108 valence electrons. The molecule has 1 aliphatic rings. The molecule has 0 aromatic carbocycles. The van der Waals surface area contributed by atoms with Crippen molar-refractivity contribution in [3.63, 3.8) is 0 Å². The van der Waals surface area contributed by atoms with Crippen LogP contribution in [0.1, 0.15) is 24.1 Å². The summed E-state index contributed by atoms with van der Waals surface area (Å²) in [7, 11) is -2.02. The molecule has 1 N–H and O–H groups in total. The number of aryl methyl sites for hydroxylation is 1. The van der Waals surface area contributed by atoms with Crippen molar-refractivity contribution in [2.75, 3.05) is 20.3 Å². The molecule has 1 aromatic heterocycles. The summed E-state index contributed by atoms with van der Waals surface area (Å²) >= 11 is 5.81. The molecule has 0 unspecified atom stereocenters. The maximum atomic E-state index is 12.6. The number of sulfonamides is 1. The fourth-order valence-electron chi connectivity index (χ4n) is 2.18. The Hall–Kier alpha value is -0.630. The van der Waals surface area contributed by atoms with E-state index in [9.17, 15) is 8.42 Å². The Morgan fingerprint density at radius 1 is 1.47 bits per heavy atom. The smallest absolute Gasteiger partial charge is 0.262 e. The number of hydrogen-bond donors (Lipinski definition) is 1. The molecule has 6 nitrogen and oxygen atoms in total. The van der Waals surface area contributed by atoms with E-state index in [2.05, 4.69) is 10.2 Å². The van der Waals surface area contributed by atoms with Crippen molar-refractivity contribution in [2.24, 2.45) is 0 Å². The Kier molecular flexibility index (Phi) is 4.50. The molecule has 0 radical (unpaired) electrons. The maximum Gasteiger partial charge on any atom is 0.262 e. The summed E-state index contributed by atoms with van der Waals surface area (Å²) in [6, 6.07) is -0.0427. The van der Waals surface area contributed by atoms with Gasteiger partial charge < -0.3 is 4.74 Å². The predicted octanol–water partition coefficient (Wildman–Crippen LogP) is 1.26. The molecule has 0 amide bonds. The van der Waals surface area contributed by atoms with Gasteiger partial charge in [-0.1, -0.05) is 0 Å². The Bertz CT molecular complexity index is 537. The number of alkyl halides is 1. The number of aromatic amines is 1. The largest absolute Gasteiger partial charge is 0.381 e. The van der Waals surface area contributed by atoms with Gasteiger partial charge in [0.05, 0.1) is 5.88 Å². The van der Waals surface area contributed by atoms with Crippen molar-refractivity contribution in [3.05, 3.63) is 11.3 Å². The van der Waals surface area contributed by atoms with Gasteiger partial charge in [-0.2, -0.15) is 9.40 Å². The molecule has 1 fully saturated rings. The van der Waals surface area contributed by atoms with Gasteiger partial charge in [0.25, 0.3) is 10.0 Å². The minimum Gasteiger partial charge on any atom is -0.381 e. The van der Waals surface area contributed by atoms with Crippen LogP contribution in [0.25, 0.3) is 0 Å². The van der Waals surface area contributed by atoms with E-state index in [-0.39, 0.29) is 16.9 Å². The number of rotatable bonds is 4. The molecule has 1 aliphatic heterocycles. The monoisotopic (exact) mass is 307 g/mol. The van der Waals surface area contributed by atoms with Gasteiger partial charge in [-0.15, -0.1) is 11.6 Å². The first-order valence-corrected chi connectivity index (χ1v) is 8.11. The van der Waals surface area contributed by atoms with Crippen LogP contribution in [-0.2, 0) is 20.6 Å². The van der Waals surface area contributed by atoms with Crippen molar-refractivity contribution in [3.8, 4) is 0 Å². The summed E-state index contributed by atoms with van der Waals surface area (Å²) in [4.78, 5) is 0. The molecular weight excluding hydrogens is 290 g/mol. The number of halogens is 1. The average molecular weight is 308 g/mol. The number of H-pyrrole nitrogens is 1. The van der Waals surface area contributed by atoms with E-state index in [1.807, 2.05) is 0 Å². The van der Waals surface area contributed by atoms with Gasteiger partial charge in [-0.05, 0) is 19.8 Å². The van der Waals surface area contributed by atoms with Crippen molar-refractivity contribution >= 4 is 21.6 Å². The fourth-order valence-corrected chi connectivity index (χ4v) is 4.16. The van der Waals surface area contributed by atoms with Gasteiger partial charge in [0, 0.05) is 37.6 Å². The zero-order chi connectivity index (χ0) is 14.0. The predicted molar refractivity (Wildman–Crippen MR) is 71.7 cm³/mol. The van der Waals surface area contributed by atoms with E-state index < -0.39 is 10.0 Å². The second-order valence-electron chi connectivity index (χ2n) is 4.63. The highest BCUT2D eigenvalue weighted by Gasteiger charge is 2.33. The van der Waals surface area contributed by atoms with Crippen LogP contribution >= 0.6 is 11.6 Å². The molecule has 2 heterocycles. The standard InChI is InChI=1S/C11H18ClN3O3S/c1-8-10(7-12)11(14-13-8)19(16,17)15(2)9-3-5-18-6-4-9/h9H,3-7H2,1-2H3,(H,13,14). The highest BCUT2D eigenvalue weighted by molar-refractivity contribution is 7.89. The number of hydrogen-bond acceptors (Lipinski definition) is 4. The lowest BCUT2D eigenvalue weighted by molar-refractivity contribution is 0.0631. The van der Waals surface area contributed by atoms with Crippen LogP contribution in [0.3, 0.4) is 0 Å². The molecule has 8 heteroatoms. The van der Waals surface area contributed by atoms with E-state index >= 15 is 0 Å². The van der Waals surface area contributed by atoms with E-state index in [1.165, 1.54) is 4.31 Å². The summed E-state index contributed by atoms with van der Waals surface area (Å²) < 4.78 is 31.8. The minimum atomic E-state index is -3.61. The molecule has 2 rings (SSSR count). The van der Waals surface area contributed by atoms with Gasteiger partial charge in [0.1, 0.15) is 0 Å². The second kappa shape index (κ2) is 5.78. The second-order valence-corrected chi connectivity index (χ2v) is 6.81. The van der Waals surface area contributed by atoms with Crippen molar-refractivity contribution in [1.82, 2.24) is 14.5 Å². The highest BCUT2D eigenvalue weighted by Crippen LogP contribution is 2.25. The summed E-state index contributed by atoms with van der Waals surface area (Å²) in [5.74, 6) is 0.124. The minimum absolute atomic E-state index is 0.0361. The molecule has 0 aliphatic carbocycles. The van der Waals surface area contributed by atoms with Crippen LogP contribution in [0, 0.1) is 6.92 Å². The first-order valence-electron chi connectivity index (χ1n) is 6.14. The lowest BCUT2D eigenvalue weighted by atomic mass is 10.1. The van der Waals surface area contributed by atoms with Crippen LogP contribution < -0.4 is 0 Å². The topological polar surface area (TPSA) is 75.3 Å². The van der Waals surface area contributed by atoms with E-state index in [0.717, 1.165) is 0 Å². The first kappa shape index (κ1) is 14.8. The number of aromatic nitrogens is 2. The molecule has 0 spiro atoms.